The van der Waals surface area contributed by atoms with E-state index in [0.717, 1.165) is 6.42 Å². The molecule has 0 radical (unpaired) electrons. The fraction of sp³-hybridized carbons (Fsp3) is 0.400. The molecule has 2 atom stereocenters. The monoisotopic (exact) mass is 361 g/mol. The van der Waals surface area contributed by atoms with Gasteiger partial charge in [-0.25, -0.2) is 8.42 Å². The minimum absolute atomic E-state index is 0.105. The van der Waals surface area contributed by atoms with Crippen LogP contribution >= 0.6 is 0 Å². The fourth-order valence-electron chi connectivity index (χ4n) is 2.79. The predicted octanol–water partition coefficient (Wildman–Crippen LogP) is 3.03. The van der Waals surface area contributed by atoms with Crippen molar-refractivity contribution in [2.24, 2.45) is 5.92 Å². The quantitative estimate of drug-likeness (QED) is 0.720. The Morgan fingerprint density at radius 3 is 2.08 bits per heavy atom. The van der Waals surface area contributed by atoms with E-state index in [4.69, 9.17) is 0 Å². The Hall–Kier alpha value is -1.69. The molecular weight excluding hydrogens is 334 g/mol. The molecule has 2 aromatic rings. The molecule has 0 aliphatic carbocycles. The van der Waals surface area contributed by atoms with Crippen LogP contribution in [0.2, 0.25) is 0 Å². The van der Waals surface area contributed by atoms with Crippen LogP contribution in [0.25, 0.3) is 0 Å². The molecule has 0 spiro atoms. The molecule has 0 bridgehead atoms. The molecule has 0 saturated carbocycles. The van der Waals surface area contributed by atoms with Crippen molar-refractivity contribution in [1.82, 2.24) is 5.32 Å². The van der Waals surface area contributed by atoms with Gasteiger partial charge in [0, 0.05) is 6.54 Å². The second kappa shape index (κ2) is 9.13. The lowest BCUT2D eigenvalue weighted by Crippen LogP contribution is -2.44. The third kappa shape index (κ3) is 5.66. The van der Waals surface area contributed by atoms with Gasteiger partial charge in [0.05, 0.1) is 11.0 Å². The second-order valence-electron chi connectivity index (χ2n) is 6.61. The highest BCUT2D eigenvalue weighted by Gasteiger charge is 2.30. The average Bonchev–Trinajstić information content (AvgIpc) is 2.61. The van der Waals surface area contributed by atoms with Crippen LogP contribution in [0.3, 0.4) is 0 Å². The highest BCUT2D eigenvalue weighted by atomic mass is 32.2. The van der Waals surface area contributed by atoms with Crippen molar-refractivity contribution in [1.29, 1.82) is 0 Å². The first kappa shape index (κ1) is 19.6. The largest absolute Gasteiger partial charge is 0.392 e. The van der Waals surface area contributed by atoms with E-state index in [-0.39, 0.29) is 12.5 Å². The summed E-state index contributed by atoms with van der Waals surface area (Å²) in [5, 5.41) is 12.6. The zero-order valence-corrected chi connectivity index (χ0v) is 15.6. The number of benzene rings is 2. The molecule has 2 rings (SSSR count). The van der Waals surface area contributed by atoms with Gasteiger partial charge < -0.3 is 5.11 Å². The summed E-state index contributed by atoms with van der Waals surface area (Å²) in [5.74, 6) is -0.105. The van der Waals surface area contributed by atoms with Gasteiger partial charge in [0.15, 0.2) is 9.84 Å². The minimum Gasteiger partial charge on any atom is -0.392 e. The van der Waals surface area contributed by atoms with Gasteiger partial charge in [-0.15, -0.1) is 0 Å². The summed E-state index contributed by atoms with van der Waals surface area (Å²) in [5.41, 5.74) is 1.17. The van der Waals surface area contributed by atoms with Crippen LogP contribution < -0.4 is 5.32 Å². The number of nitrogens with one attached hydrogen (secondary N) is 1. The van der Waals surface area contributed by atoms with Gasteiger partial charge >= 0.3 is 0 Å². The molecule has 0 fully saturated rings. The Bertz CT molecular complexity index is 730. The van der Waals surface area contributed by atoms with E-state index in [1.165, 1.54) is 5.56 Å². The fourth-order valence-corrected chi connectivity index (χ4v) is 4.65. The van der Waals surface area contributed by atoms with Crippen LogP contribution in [0, 0.1) is 5.92 Å². The maximum atomic E-state index is 12.8. The molecule has 0 unspecified atom stereocenters. The Morgan fingerprint density at radius 2 is 1.52 bits per heavy atom. The predicted molar refractivity (Wildman–Crippen MR) is 101 cm³/mol. The SMILES string of the molecule is CC(C)[C@@H](NC[C@H](O)CCc1ccccc1)S(=O)(=O)c1ccccc1. The maximum Gasteiger partial charge on any atom is 0.194 e. The third-order valence-electron chi connectivity index (χ3n) is 4.18. The Balaban J connectivity index is 1.95. The third-order valence-corrected chi connectivity index (χ3v) is 6.48. The van der Waals surface area contributed by atoms with Gasteiger partial charge in [-0.2, -0.15) is 0 Å². The van der Waals surface area contributed by atoms with Crippen LogP contribution in [0.1, 0.15) is 25.8 Å². The van der Waals surface area contributed by atoms with Gasteiger partial charge in [-0.1, -0.05) is 62.4 Å². The number of aliphatic hydroxyl groups is 1. The average molecular weight is 362 g/mol. The van der Waals surface area contributed by atoms with Crippen LogP contribution in [-0.4, -0.2) is 31.5 Å². The number of hydrogen-bond donors (Lipinski definition) is 2. The van der Waals surface area contributed by atoms with E-state index in [1.807, 2.05) is 44.2 Å². The van der Waals surface area contributed by atoms with Crippen molar-refractivity contribution < 1.29 is 13.5 Å². The van der Waals surface area contributed by atoms with E-state index >= 15 is 0 Å². The van der Waals surface area contributed by atoms with Crippen molar-refractivity contribution >= 4 is 9.84 Å². The summed E-state index contributed by atoms with van der Waals surface area (Å²) >= 11 is 0. The topological polar surface area (TPSA) is 66.4 Å². The highest BCUT2D eigenvalue weighted by Crippen LogP contribution is 2.19. The number of aryl methyl sites for hydroxylation is 1. The summed E-state index contributed by atoms with van der Waals surface area (Å²) in [4.78, 5) is 0.306. The maximum absolute atomic E-state index is 12.8. The zero-order valence-electron chi connectivity index (χ0n) is 14.8. The molecule has 136 valence electrons. The molecular formula is C20H27NO3S. The van der Waals surface area contributed by atoms with Gasteiger partial charge in [0.1, 0.15) is 5.37 Å². The lowest BCUT2D eigenvalue weighted by Gasteiger charge is -2.24. The smallest absolute Gasteiger partial charge is 0.194 e. The summed E-state index contributed by atoms with van der Waals surface area (Å²) in [6, 6.07) is 18.4. The van der Waals surface area contributed by atoms with Crippen LogP contribution in [-0.2, 0) is 16.3 Å². The van der Waals surface area contributed by atoms with Crippen molar-refractivity contribution in [2.75, 3.05) is 6.54 Å². The normalized spacial score (nSPS) is 14.4. The lowest BCUT2D eigenvalue weighted by atomic mass is 10.1. The Kier molecular flexibility index (Phi) is 7.17. The van der Waals surface area contributed by atoms with Crippen LogP contribution in [0.5, 0.6) is 0 Å². The number of aliphatic hydroxyl groups excluding tert-OH is 1. The molecule has 0 aromatic heterocycles. The zero-order chi connectivity index (χ0) is 18.3. The van der Waals surface area contributed by atoms with E-state index in [0.29, 0.717) is 11.3 Å². The van der Waals surface area contributed by atoms with E-state index in [1.54, 1.807) is 30.3 Å². The molecule has 25 heavy (non-hydrogen) atoms. The number of hydrogen-bond acceptors (Lipinski definition) is 4. The van der Waals surface area contributed by atoms with E-state index in [2.05, 4.69) is 5.32 Å². The molecule has 0 aliphatic heterocycles. The summed E-state index contributed by atoms with van der Waals surface area (Å²) < 4.78 is 25.6. The van der Waals surface area contributed by atoms with Crippen LogP contribution in [0.15, 0.2) is 65.6 Å². The van der Waals surface area contributed by atoms with Gasteiger partial charge in [-0.05, 0) is 36.5 Å². The number of sulfone groups is 1. The first-order valence-corrected chi connectivity index (χ1v) is 10.2. The molecule has 2 N–H and O–H groups in total. The molecule has 2 aromatic carbocycles. The minimum atomic E-state index is -3.49. The molecule has 0 aliphatic rings. The Labute approximate surface area is 150 Å². The van der Waals surface area contributed by atoms with Crippen molar-refractivity contribution in [3.63, 3.8) is 0 Å². The van der Waals surface area contributed by atoms with Crippen LogP contribution in [0.4, 0.5) is 0 Å². The second-order valence-corrected chi connectivity index (χ2v) is 8.68. The molecule has 5 heteroatoms. The van der Waals surface area contributed by atoms with Gasteiger partial charge in [0.25, 0.3) is 0 Å². The summed E-state index contributed by atoms with van der Waals surface area (Å²) in [6.45, 7) is 3.99. The first-order chi connectivity index (χ1) is 11.9. The van der Waals surface area contributed by atoms with Gasteiger partial charge in [-0.3, -0.25) is 5.32 Å². The summed E-state index contributed by atoms with van der Waals surface area (Å²) in [6.07, 6.45) is 0.765. The molecule has 4 nitrogen and oxygen atoms in total. The van der Waals surface area contributed by atoms with E-state index < -0.39 is 21.3 Å². The lowest BCUT2D eigenvalue weighted by molar-refractivity contribution is 0.159. The van der Waals surface area contributed by atoms with Crippen molar-refractivity contribution in [3.05, 3.63) is 66.2 Å². The molecule has 0 heterocycles. The standard InChI is InChI=1S/C20H27NO3S/c1-16(2)20(25(23,24)19-11-7-4-8-12-19)21-15-18(22)14-13-17-9-5-3-6-10-17/h3-12,16,18,20-22H,13-15H2,1-2H3/t18-,20+/m1/s1. The van der Waals surface area contributed by atoms with Crippen molar-refractivity contribution in [3.8, 4) is 0 Å². The summed E-state index contributed by atoms with van der Waals surface area (Å²) in [7, 11) is -3.49. The molecule has 0 saturated heterocycles. The number of rotatable bonds is 9. The van der Waals surface area contributed by atoms with Gasteiger partial charge in [0.2, 0.25) is 0 Å². The Morgan fingerprint density at radius 1 is 0.960 bits per heavy atom. The van der Waals surface area contributed by atoms with E-state index in [9.17, 15) is 13.5 Å². The first-order valence-electron chi connectivity index (χ1n) is 8.65. The highest BCUT2D eigenvalue weighted by molar-refractivity contribution is 7.92. The van der Waals surface area contributed by atoms with Crippen molar-refractivity contribution in [2.45, 2.75) is 43.1 Å². The molecule has 0 amide bonds.